The van der Waals surface area contributed by atoms with Gasteiger partial charge in [-0.1, -0.05) is 80.6 Å². The van der Waals surface area contributed by atoms with Gasteiger partial charge in [-0.3, -0.25) is 0 Å². The maximum atomic E-state index is 3.73. The van der Waals surface area contributed by atoms with Crippen molar-refractivity contribution in [3.8, 4) is 22.3 Å². The zero-order valence-corrected chi connectivity index (χ0v) is 18.1. The van der Waals surface area contributed by atoms with Gasteiger partial charge < -0.3 is 5.32 Å². The second-order valence-electron chi connectivity index (χ2n) is 8.87. The van der Waals surface area contributed by atoms with Crippen LogP contribution in [0.15, 0.2) is 84.9 Å². The Labute approximate surface area is 179 Å². The van der Waals surface area contributed by atoms with Gasteiger partial charge in [0.2, 0.25) is 0 Å². The van der Waals surface area contributed by atoms with Crippen LogP contribution in [0.5, 0.6) is 0 Å². The lowest BCUT2D eigenvalue weighted by molar-refractivity contribution is 0.660. The van der Waals surface area contributed by atoms with Gasteiger partial charge in [0.25, 0.3) is 0 Å². The van der Waals surface area contributed by atoms with Gasteiger partial charge in [-0.15, -0.1) is 0 Å². The predicted octanol–water partition coefficient (Wildman–Crippen LogP) is 8.02. The second kappa shape index (κ2) is 6.88. The summed E-state index contributed by atoms with van der Waals surface area (Å²) in [5, 5.41) is 3.73. The third-order valence-electron chi connectivity index (χ3n) is 6.55. The molecule has 0 unspecified atom stereocenters. The summed E-state index contributed by atoms with van der Waals surface area (Å²) in [6.07, 6.45) is 0. The fraction of sp³-hybridized carbons (Fsp3) is 0.172. The van der Waals surface area contributed by atoms with E-state index in [2.05, 4.69) is 118 Å². The summed E-state index contributed by atoms with van der Waals surface area (Å²) in [6.45, 7) is 9.02. The predicted molar refractivity (Wildman–Crippen MR) is 129 cm³/mol. The number of aryl methyl sites for hydroxylation is 2. The fourth-order valence-corrected chi connectivity index (χ4v) is 4.92. The number of nitrogens with one attached hydrogen (secondary N) is 1. The van der Waals surface area contributed by atoms with Crippen LogP contribution in [0.2, 0.25) is 0 Å². The molecule has 30 heavy (non-hydrogen) atoms. The highest BCUT2D eigenvalue weighted by Crippen LogP contribution is 2.49. The molecule has 0 heterocycles. The highest BCUT2D eigenvalue weighted by atomic mass is 14.9. The number of hydrogen-bond acceptors (Lipinski definition) is 1. The number of benzene rings is 4. The van der Waals surface area contributed by atoms with E-state index in [0.29, 0.717) is 0 Å². The van der Waals surface area contributed by atoms with Crippen LogP contribution in [0, 0.1) is 13.8 Å². The first kappa shape index (κ1) is 18.7. The first-order valence-corrected chi connectivity index (χ1v) is 10.6. The summed E-state index contributed by atoms with van der Waals surface area (Å²) in [5.74, 6) is 0. The van der Waals surface area contributed by atoms with Crippen molar-refractivity contribution in [1.82, 2.24) is 0 Å². The van der Waals surface area contributed by atoms with E-state index in [1.165, 1.54) is 44.5 Å². The van der Waals surface area contributed by atoms with E-state index in [0.717, 1.165) is 11.4 Å². The molecular formula is C29H27N. The highest BCUT2D eigenvalue weighted by molar-refractivity contribution is 5.87. The van der Waals surface area contributed by atoms with Gasteiger partial charge in [0, 0.05) is 22.4 Å². The van der Waals surface area contributed by atoms with Crippen LogP contribution in [0.4, 0.5) is 11.4 Å². The Morgan fingerprint density at radius 3 is 2.07 bits per heavy atom. The van der Waals surface area contributed by atoms with Crippen LogP contribution in [0.1, 0.15) is 36.1 Å². The molecule has 0 fully saturated rings. The highest BCUT2D eigenvalue weighted by Gasteiger charge is 2.35. The average molecular weight is 390 g/mol. The van der Waals surface area contributed by atoms with Crippen LogP contribution in [-0.2, 0) is 5.41 Å². The number of fused-ring (bicyclic) bond motifs is 3. The summed E-state index contributed by atoms with van der Waals surface area (Å²) in [4.78, 5) is 0. The molecule has 0 saturated carbocycles. The molecule has 0 radical (unpaired) electrons. The molecule has 5 rings (SSSR count). The van der Waals surface area contributed by atoms with E-state index < -0.39 is 0 Å². The largest absolute Gasteiger partial charge is 0.355 e. The minimum Gasteiger partial charge on any atom is -0.355 e. The van der Waals surface area contributed by atoms with Gasteiger partial charge in [-0.05, 0) is 71.0 Å². The lowest BCUT2D eigenvalue weighted by Gasteiger charge is -2.22. The van der Waals surface area contributed by atoms with Crippen LogP contribution in [-0.4, -0.2) is 0 Å². The molecule has 0 atom stereocenters. The van der Waals surface area contributed by atoms with Gasteiger partial charge in [-0.2, -0.15) is 0 Å². The standard InChI is InChI=1S/C29H27N/c1-19-10-5-6-12-22(19)28-20(2)11-9-15-27(28)30-21-16-17-24-23-13-7-8-14-25(23)29(3,4)26(24)18-21/h5-18,30H,1-4H3. The molecular weight excluding hydrogens is 362 g/mol. The molecule has 0 saturated heterocycles. The minimum absolute atomic E-state index is 0.00900. The van der Waals surface area contributed by atoms with E-state index in [1.54, 1.807) is 0 Å². The normalized spacial score (nSPS) is 13.6. The third-order valence-corrected chi connectivity index (χ3v) is 6.55. The molecule has 1 aliphatic rings. The van der Waals surface area contributed by atoms with Crippen molar-refractivity contribution >= 4 is 11.4 Å². The van der Waals surface area contributed by atoms with Crippen molar-refractivity contribution < 1.29 is 0 Å². The Morgan fingerprint density at radius 1 is 0.600 bits per heavy atom. The van der Waals surface area contributed by atoms with E-state index in [4.69, 9.17) is 0 Å². The van der Waals surface area contributed by atoms with E-state index >= 15 is 0 Å². The number of anilines is 2. The first-order valence-electron chi connectivity index (χ1n) is 10.6. The molecule has 4 aromatic carbocycles. The molecule has 4 aromatic rings. The van der Waals surface area contributed by atoms with Crippen molar-refractivity contribution in [3.05, 3.63) is 107 Å². The van der Waals surface area contributed by atoms with Crippen molar-refractivity contribution in [1.29, 1.82) is 0 Å². The Hall–Kier alpha value is -3.32. The molecule has 0 bridgehead atoms. The molecule has 148 valence electrons. The van der Waals surface area contributed by atoms with Crippen molar-refractivity contribution in [2.24, 2.45) is 0 Å². The summed E-state index contributed by atoms with van der Waals surface area (Å²) in [5.41, 5.74) is 12.9. The maximum absolute atomic E-state index is 3.73. The zero-order chi connectivity index (χ0) is 20.9. The molecule has 1 nitrogen and oxygen atoms in total. The summed E-state index contributed by atoms with van der Waals surface area (Å²) < 4.78 is 0. The molecule has 0 aliphatic heterocycles. The fourth-order valence-electron chi connectivity index (χ4n) is 4.92. The summed E-state index contributed by atoms with van der Waals surface area (Å²) >= 11 is 0. The monoisotopic (exact) mass is 389 g/mol. The molecule has 0 aromatic heterocycles. The van der Waals surface area contributed by atoms with Gasteiger partial charge >= 0.3 is 0 Å². The van der Waals surface area contributed by atoms with Gasteiger partial charge in [0.15, 0.2) is 0 Å². The second-order valence-corrected chi connectivity index (χ2v) is 8.87. The zero-order valence-electron chi connectivity index (χ0n) is 18.1. The molecule has 1 N–H and O–H groups in total. The lowest BCUT2D eigenvalue weighted by Crippen LogP contribution is -2.15. The molecule has 0 amide bonds. The van der Waals surface area contributed by atoms with Crippen LogP contribution < -0.4 is 5.32 Å². The van der Waals surface area contributed by atoms with E-state index in [9.17, 15) is 0 Å². The van der Waals surface area contributed by atoms with Crippen LogP contribution in [0.25, 0.3) is 22.3 Å². The Bertz CT molecular complexity index is 1260. The van der Waals surface area contributed by atoms with Gasteiger partial charge in [0.1, 0.15) is 0 Å². The smallest absolute Gasteiger partial charge is 0.0466 e. The molecule has 0 spiro atoms. The third kappa shape index (κ3) is 2.85. The lowest BCUT2D eigenvalue weighted by atomic mass is 9.82. The quantitative estimate of drug-likeness (QED) is 0.374. The number of hydrogen-bond donors (Lipinski definition) is 1. The SMILES string of the molecule is Cc1ccccc1-c1c(C)cccc1Nc1ccc2c(c1)C(C)(C)c1ccccc1-2. The van der Waals surface area contributed by atoms with Crippen molar-refractivity contribution in [2.75, 3.05) is 5.32 Å². The van der Waals surface area contributed by atoms with Crippen LogP contribution in [0.3, 0.4) is 0 Å². The maximum Gasteiger partial charge on any atom is 0.0466 e. The van der Waals surface area contributed by atoms with E-state index in [-0.39, 0.29) is 5.41 Å². The number of rotatable bonds is 3. The Balaban J connectivity index is 1.59. The summed E-state index contributed by atoms with van der Waals surface area (Å²) in [7, 11) is 0. The van der Waals surface area contributed by atoms with Crippen LogP contribution >= 0.6 is 0 Å². The minimum atomic E-state index is 0.00900. The van der Waals surface area contributed by atoms with Gasteiger partial charge in [-0.25, -0.2) is 0 Å². The van der Waals surface area contributed by atoms with Crippen molar-refractivity contribution in [2.45, 2.75) is 33.1 Å². The molecule has 1 heteroatoms. The summed E-state index contributed by atoms with van der Waals surface area (Å²) in [6, 6.07) is 30.7. The molecule has 1 aliphatic carbocycles. The average Bonchev–Trinajstić information content (AvgIpc) is 2.97. The van der Waals surface area contributed by atoms with E-state index in [1.807, 2.05) is 0 Å². The first-order chi connectivity index (χ1) is 14.5. The topological polar surface area (TPSA) is 12.0 Å². The Morgan fingerprint density at radius 2 is 1.27 bits per heavy atom. The van der Waals surface area contributed by atoms with Crippen molar-refractivity contribution in [3.63, 3.8) is 0 Å². The van der Waals surface area contributed by atoms with Gasteiger partial charge in [0.05, 0.1) is 0 Å². The Kier molecular flexibility index (Phi) is 4.29.